The standard InChI is InChI=1S/C20H15F3N4O2/c1-29-15-4-2-3-12(7-15)11-27-18(28)16-8-13(14-9-24-25-10-14)5-6-17(16)26-19(27)20(21,22)23/h2-10H,11H2,1H3,(H,24,25). The van der Waals surface area contributed by atoms with Crippen LogP contribution in [0, 0.1) is 0 Å². The van der Waals surface area contributed by atoms with Crippen molar-refractivity contribution < 1.29 is 17.9 Å². The molecular formula is C20H15F3N4O2. The molecule has 0 aliphatic carbocycles. The van der Waals surface area contributed by atoms with Gasteiger partial charge in [0.2, 0.25) is 5.82 Å². The Bertz CT molecular complexity index is 1230. The van der Waals surface area contributed by atoms with Crippen molar-refractivity contribution >= 4 is 10.9 Å². The Hall–Kier alpha value is -3.62. The minimum atomic E-state index is -4.78. The molecule has 0 bridgehead atoms. The SMILES string of the molecule is COc1cccc(Cn2c(C(F)(F)F)nc3ccc(-c4cn[nH]c4)cc3c2=O)c1. The number of hydrogen-bond acceptors (Lipinski definition) is 4. The first kappa shape index (κ1) is 18.7. The summed E-state index contributed by atoms with van der Waals surface area (Å²) in [6, 6.07) is 11.1. The number of methoxy groups -OCH3 is 1. The lowest BCUT2D eigenvalue weighted by Gasteiger charge is -2.16. The number of hydrogen-bond donors (Lipinski definition) is 1. The van der Waals surface area contributed by atoms with Crippen molar-refractivity contribution in [3.8, 4) is 16.9 Å². The van der Waals surface area contributed by atoms with E-state index in [4.69, 9.17) is 4.74 Å². The zero-order chi connectivity index (χ0) is 20.6. The van der Waals surface area contributed by atoms with Crippen molar-refractivity contribution in [3.63, 3.8) is 0 Å². The van der Waals surface area contributed by atoms with E-state index in [1.54, 1.807) is 42.7 Å². The molecule has 0 aliphatic heterocycles. The molecule has 29 heavy (non-hydrogen) atoms. The van der Waals surface area contributed by atoms with Crippen LogP contribution in [0.1, 0.15) is 11.4 Å². The predicted octanol–water partition coefficient (Wildman–Crippen LogP) is 3.86. The number of nitrogens with zero attached hydrogens (tertiary/aromatic N) is 3. The van der Waals surface area contributed by atoms with Gasteiger partial charge in [-0.05, 0) is 35.4 Å². The number of rotatable bonds is 4. The number of H-pyrrole nitrogens is 1. The zero-order valence-corrected chi connectivity index (χ0v) is 15.2. The average Bonchev–Trinajstić information content (AvgIpc) is 3.24. The summed E-state index contributed by atoms with van der Waals surface area (Å²) in [5.41, 5.74) is 1.07. The number of fused-ring (bicyclic) bond motifs is 1. The Kier molecular flexibility index (Phi) is 4.57. The van der Waals surface area contributed by atoms with Crippen LogP contribution in [0.5, 0.6) is 5.75 Å². The molecule has 0 atom stereocenters. The number of halogens is 3. The molecule has 6 nitrogen and oxygen atoms in total. The van der Waals surface area contributed by atoms with Crippen molar-refractivity contribution in [2.24, 2.45) is 0 Å². The fraction of sp³-hybridized carbons (Fsp3) is 0.150. The first-order chi connectivity index (χ1) is 13.9. The Morgan fingerprint density at radius 2 is 1.97 bits per heavy atom. The van der Waals surface area contributed by atoms with Gasteiger partial charge in [-0.25, -0.2) is 4.98 Å². The molecule has 0 saturated heterocycles. The smallest absolute Gasteiger partial charge is 0.449 e. The van der Waals surface area contributed by atoms with E-state index in [9.17, 15) is 18.0 Å². The molecule has 0 amide bonds. The highest BCUT2D eigenvalue weighted by Crippen LogP contribution is 2.29. The van der Waals surface area contributed by atoms with Crippen molar-refractivity contribution in [3.05, 3.63) is 76.6 Å². The van der Waals surface area contributed by atoms with Gasteiger partial charge in [-0.2, -0.15) is 18.3 Å². The Balaban J connectivity index is 1.92. The molecule has 2 aromatic heterocycles. The number of aromatic amines is 1. The van der Waals surface area contributed by atoms with Gasteiger partial charge in [-0.15, -0.1) is 0 Å². The summed E-state index contributed by atoms with van der Waals surface area (Å²) in [6.07, 6.45) is -1.59. The van der Waals surface area contributed by atoms with Crippen LogP contribution in [0.3, 0.4) is 0 Å². The summed E-state index contributed by atoms with van der Waals surface area (Å²) >= 11 is 0. The molecule has 9 heteroatoms. The molecule has 0 saturated carbocycles. The third-order valence-corrected chi connectivity index (χ3v) is 4.51. The van der Waals surface area contributed by atoms with Crippen LogP contribution in [0.4, 0.5) is 13.2 Å². The summed E-state index contributed by atoms with van der Waals surface area (Å²) in [5, 5.41) is 6.61. The number of alkyl halides is 3. The monoisotopic (exact) mass is 400 g/mol. The molecule has 2 heterocycles. The van der Waals surface area contributed by atoms with Gasteiger partial charge in [0.25, 0.3) is 5.56 Å². The molecule has 2 aromatic carbocycles. The van der Waals surface area contributed by atoms with Crippen molar-refractivity contribution in [2.45, 2.75) is 12.7 Å². The summed E-state index contributed by atoms with van der Waals surface area (Å²) in [4.78, 5) is 16.8. The highest BCUT2D eigenvalue weighted by atomic mass is 19.4. The topological polar surface area (TPSA) is 72.8 Å². The minimum Gasteiger partial charge on any atom is -0.497 e. The number of ether oxygens (including phenoxy) is 1. The molecule has 1 N–H and O–H groups in total. The molecule has 0 radical (unpaired) electrons. The third-order valence-electron chi connectivity index (χ3n) is 4.51. The van der Waals surface area contributed by atoms with Crippen LogP contribution >= 0.6 is 0 Å². The minimum absolute atomic E-state index is 0.0172. The molecule has 0 spiro atoms. The van der Waals surface area contributed by atoms with E-state index in [2.05, 4.69) is 15.2 Å². The molecule has 0 unspecified atom stereocenters. The molecule has 4 rings (SSSR count). The van der Waals surface area contributed by atoms with E-state index in [0.29, 0.717) is 27.0 Å². The van der Waals surface area contributed by atoms with Gasteiger partial charge in [0.05, 0.1) is 30.8 Å². The number of aromatic nitrogens is 4. The summed E-state index contributed by atoms with van der Waals surface area (Å²) in [6.45, 7) is -0.288. The molecule has 4 aromatic rings. The Labute approximate surface area is 162 Å². The summed E-state index contributed by atoms with van der Waals surface area (Å²) in [7, 11) is 1.46. The van der Waals surface area contributed by atoms with Crippen LogP contribution < -0.4 is 10.3 Å². The quantitative estimate of drug-likeness (QED) is 0.565. The van der Waals surface area contributed by atoms with Crippen LogP contribution in [0.15, 0.2) is 59.7 Å². The number of benzene rings is 2. The van der Waals surface area contributed by atoms with Gasteiger partial charge >= 0.3 is 6.18 Å². The predicted molar refractivity (Wildman–Crippen MR) is 101 cm³/mol. The second kappa shape index (κ2) is 7.08. The van der Waals surface area contributed by atoms with Gasteiger partial charge in [0.15, 0.2) is 0 Å². The maximum Gasteiger partial charge on any atom is 0.449 e. The second-order valence-electron chi connectivity index (χ2n) is 6.39. The van der Waals surface area contributed by atoms with Gasteiger partial charge in [0, 0.05) is 11.8 Å². The van der Waals surface area contributed by atoms with Gasteiger partial charge in [0.1, 0.15) is 5.75 Å². The van der Waals surface area contributed by atoms with Gasteiger partial charge < -0.3 is 4.74 Å². The van der Waals surface area contributed by atoms with Crippen LogP contribution in [0.25, 0.3) is 22.0 Å². The normalized spacial score (nSPS) is 11.7. The summed E-state index contributed by atoms with van der Waals surface area (Å²) in [5.74, 6) is -0.756. The highest BCUT2D eigenvalue weighted by molar-refractivity contribution is 5.83. The van der Waals surface area contributed by atoms with E-state index in [0.717, 1.165) is 0 Å². The van der Waals surface area contributed by atoms with Gasteiger partial charge in [-0.1, -0.05) is 18.2 Å². The first-order valence-corrected chi connectivity index (χ1v) is 8.60. The first-order valence-electron chi connectivity index (χ1n) is 8.60. The lowest BCUT2D eigenvalue weighted by atomic mass is 10.1. The Morgan fingerprint density at radius 1 is 1.14 bits per heavy atom. The second-order valence-corrected chi connectivity index (χ2v) is 6.39. The van der Waals surface area contributed by atoms with E-state index in [1.165, 1.54) is 19.2 Å². The van der Waals surface area contributed by atoms with Crippen LogP contribution in [0.2, 0.25) is 0 Å². The lowest BCUT2D eigenvalue weighted by Crippen LogP contribution is -2.30. The summed E-state index contributed by atoms with van der Waals surface area (Å²) < 4.78 is 46.7. The lowest BCUT2D eigenvalue weighted by molar-refractivity contribution is -0.147. The third kappa shape index (κ3) is 3.58. The Morgan fingerprint density at radius 3 is 2.66 bits per heavy atom. The van der Waals surface area contributed by atoms with Crippen molar-refractivity contribution in [1.29, 1.82) is 0 Å². The maximum atomic E-state index is 13.6. The van der Waals surface area contributed by atoms with Crippen molar-refractivity contribution in [1.82, 2.24) is 19.7 Å². The van der Waals surface area contributed by atoms with Gasteiger partial charge in [-0.3, -0.25) is 14.5 Å². The van der Waals surface area contributed by atoms with E-state index in [1.807, 2.05) is 0 Å². The van der Waals surface area contributed by atoms with Crippen LogP contribution in [-0.4, -0.2) is 26.9 Å². The largest absolute Gasteiger partial charge is 0.497 e. The average molecular weight is 400 g/mol. The molecule has 148 valence electrons. The molecule has 0 fully saturated rings. The fourth-order valence-corrected chi connectivity index (χ4v) is 3.13. The number of nitrogens with one attached hydrogen (secondary N) is 1. The van der Waals surface area contributed by atoms with E-state index >= 15 is 0 Å². The van der Waals surface area contributed by atoms with Crippen LogP contribution in [-0.2, 0) is 12.7 Å². The zero-order valence-electron chi connectivity index (χ0n) is 15.2. The maximum absolute atomic E-state index is 13.6. The van der Waals surface area contributed by atoms with E-state index in [-0.39, 0.29) is 17.4 Å². The molecular weight excluding hydrogens is 385 g/mol. The fourth-order valence-electron chi connectivity index (χ4n) is 3.13. The van der Waals surface area contributed by atoms with Crippen molar-refractivity contribution in [2.75, 3.05) is 7.11 Å². The van der Waals surface area contributed by atoms with E-state index < -0.39 is 17.6 Å². The molecule has 0 aliphatic rings. The highest BCUT2D eigenvalue weighted by Gasteiger charge is 2.37.